The molecule has 0 saturated carbocycles. The number of carbonyl (C=O) groups is 2. The topological polar surface area (TPSA) is 72.0 Å². The maximum atomic E-state index is 13.7. The van der Waals surface area contributed by atoms with Gasteiger partial charge < -0.3 is 5.32 Å². The zero-order chi connectivity index (χ0) is 16.6. The molecule has 0 unspecified atom stereocenters. The standard InChI is InChI=1S/C16H12FN3O2S/c1-8-9(17)4-3-5-10(8)20-13-14(21)11-12(19-7-6-18-11)15(22)16(13)23-2/h3-7,20H,1-2H3. The van der Waals surface area contributed by atoms with Crippen LogP contribution in [0.5, 0.6) is 0 Å². The SMILES string of the molecule is CSC1=C(Nc2cccc(F)c2C)C(=O)c2nccnc2C1=O. The lowest BCUT2D eigenvalue weighted by molar-refractivity contribution is 0.0975. The molecular weight excluding hydrogens is 317 g/mol. The molecule has 0 spiro atoms. The summed E-state index contributed by atoms with van der Waals surface area (Å²) < 4.78 is 13.7. The number of ketones is 2. The first kappa shape index (κ1) is 15.4. The predicted molar refractivity (Wildman–Crippen MR) is 86.0 cm³/mol. The molecule has 1 N–H and O–H groups in total. The Morgan fingerprint density at radius 3 is 2.39 bits per heavy atom. The summed E-state index contributed by atoms with van der Waals surface area (Å²) in [7, 11) is 0. The van der Waals surface area contributed by atoms with Crippen LogP contribution in [0.4, 0.5) is 10.1 Å². The summed E-state index contributed by atoms with van der Waals surface area (Å²) in [5.74, 6) is -1.19. The Hall–Kier alpha value is -2.54. The number of nitrogens with zero attached hydrogens (tertiary/aromatic N) is 2. The van der Waals surface area contributed by atoms with Crippen molar-refractivity contribution >= 4 is 29.0 Å². The van der Waals surface area contributed by atoms with Gasteiger partial charge in [-0.2, -0.15) is 0 Å². The molecule has 1 heterocycles. The number of rotatable bonds is 3. The third-order valence-electron chi connectivity index (χ3n) is 3.52. The molecule has 1 aromatic carbocycles. The van der Waals surface area contributed by atoms with Gasteiger partial charge in [0.2, 0.25) is 11.6 Å². The van der Waals surface area contributed by atoms with Crippen LogP contribution in [0.25, 0.3) is 0 Å². The molecule has 2 aromatic rings. The average molecular weight is 329 g/mol. The Balaban J connectivity index is 2.11. The van der Waals surface area contributed by atoms with Gasteiger partial charge in [-0.1, -0.05) is 6.07 Å². The number of carbonyl (C=O) groups excluding carboxylic acids is 2. The Morgan fingerprint density at radius 2 is 1.74 bits per heavy atom. The minimum Gasteiger partial charge on any atom is -0.351 e. The lowest BCUT2D eigenvalue weighted by atomic mass is 10.0. The van der Waals surface area contributed by atoms with Crippen LogP contribution in [0.2, 0.25) is 0 Å². The zero-order valence-corrected chi connectivity index (χ0v) is 13.2. The second kappa shape index (κ2) is 5.92. The summed E-state index contributed by atoms with van der Waals surface area (Å²) in [6.45, 7) is 1.60. The van der Waals surface area contributed by atoms with Crippen LogP contribution >= 0.6 is 11.8 Å². The fourth-order valence-corrected chi connectivity index (χ4v) is 2.93. The number of hydrogen-bond donors (Lipinski definition) is 1. The van der Waals surface area contributed by atoms with E-state index in [1.165, 1.54) is 24.5 Å². The zero-order valence-electron chi connectivity index (χ0n) is 12.4. The van der Waals surface area contributed by atoms with E-state index in [0.717, 1.165) is 11.8 Å². The molecule has 1 aromatic heterocycles. The van der Waals surface area contributed by atoms with E-state index < -0.39 is 11.6 Å². The lowest BCUT2D eigenvalue weighted by Gasteiger charge is -2.20. The molecule has 1 aliphatic rings. The van der Waals surface area contributed by atoms with Gasteiger partial charge in [-0.15, -0.1) is 11.8 Å². The monoisotopic (exact) mass is 329 g/mol. The maximum Gasteiger partial charge on any atom is 0.231 e. The molecule has 0 bridgehead atoms. The van der Waals surface area contributed by atoms with Crippen LogP contribution in [0.1, 0.15) is 26.5 Å². The van der Waals surface area contributed by atoms with E-state index in [2.05, 4.69) is 15.3 Å². The van der Waals surface area contributed by atoms with Gasteiger partial charge in [-0.05, 0) is 25.3 Å². The van der Waals surface area contributed by atoms with Gasteiger partial charge in [-0.3, -0.25) is 9.59 Å². The molecular formula is C16H12FN3O2S. The van der Waals surface area contributed by atoms with E-state index in [-0.39, 0.29) is 27.8 Å². The van der Waals surface area contributed by atoms with Crippen LogP contribution in [-0.2, 0) is 0 Å². The first-order chi connectivity index (χ1) is 11.0. The van der Waals surface area contributed by atoms with Gasteiger partial charge >= 0.3 is 0 Å². The number of anilines is 1. The summed E-state index contributed by atoms with van der Waals surface area (Å²) in [5.41, 5.74) is 0.949. The predicted octanol–water partition coefficient (Wildman–Crippen LogP) is 2.99. The first-order valence-electron chi connectivity index (χ1n) is 6.75. The number of fused-ring (bicyclic) bond motifs is 1. The van der Waals surface area contributed by atoms with Crippen molar-refractivity contribution in [1.82, 2.24) is 9.97 Å². The highest BCUT2D eigenvalue weighted by atomic mass is 32.2. The first-order valence-corrected chi connectivity index (χ1v) is 7.98. The molecule has 0 radical (unpaired) electrons. The molecule has 23 heavy (non-hydrogen) atoms. The van der Waals surface area contributed by atoms with Crippen molar-refractivity contribution in [2.24, 2.45) is 0 Å². The highest BCUT2D eigenvalue weighted by Gasteiger charge is 2.34. The normalized spacial score (nSPS) is 14.0. The van der Waals surface area contributed by atoms with Crippen molar-refractivity contribution in [3.8, 4) is 0 Å². The van der Waals surface area contributed by atoms with E-state index in [0.29, 0.717) is 11.3 Å². The largest absolute Gasteiger partial charge is 0.351 e. The van der Waals surface area contributed by atoms with Crippen molar-refractivity contribution in [3.63, 3.8) is 0 Å². The van der Waals surface area contributed by atoms with Gasteiger partial charge in [0, 0.05) is 23.6 Å². The summed E-state index contributed by atoms with van der Waals surface area (Å²) in [6.07, 6.45) is 4.43. The minimum atomic E-state index is -0.430. The Kier molecular flexibility index (Phi) is 3.96. The number of thioether (sulfide) groups is 1. The van der Waals surface area contributed by atoms with Crippen LogP contribution in [0.3, 0.4) is 0 Å². The number of allylic oxidation sites excluding steroid dienone is 2. The minimum absolute atomic E-state index is 0.00635. The molecule has 0 saturated heterocycles. The third kappa shape index (κ3) is 2.53. The smallest absolute Gasteiger partial charge is 0.231 e. The average Bonchev–Trinajstić information content (AvgIpc) is 2.56. The van der Waals surface area contributed by atoms with Gasteiger partial charge in [0.25, 0.3) is 0 Å². The summed E-state index contributed by atoms with van der Waals surface area (Å²) >= 11 is 1.14. The molecule has 3 rings (SSSR count). The Morgan fingerprint density at radius 1 is 1.09 bits per heavy atom. The fraction of sp³-hybridized carbons (Fsp3) is 0.125. The molecule has 7 heteroatoms. The van der Waals surface area contributed by atoms with Gasteiger partial charge in [0.05, 0.1) is 4.91 Å². The summed E-state index contributed by atoms with van der Waals surface area (Å²) in [6, 6.07) is 4.51. The molecule has 116 valence electrons. The van der Waals surface area contributed by atoms with E-state index >= 15 is 0 Å². The second-order valence-electron chi connectivity index (χ2n) is 4.86. The third-order valence-corrected chi connectivity index (χ3v) is 4.32. The highest BCUT2D eigenvalue weighted by molar-refractivity contribution is 8.03. The molecule has 0 aliphatic heterocycles. The van der Waals surface area contributed by atoms with Crippen LogP contribution in [0.15, 0.2) is 41.2 Å². The maximum absolute atomic E-state index is 13.7. The van der Waals surface area contributed by atoms with Gasteiger partial charge in [-0.25, -0.2) is 14.4 Å². The Bertz CT molecular complexity index is 864. The van der Waals surface area contributed by atoms with Gasteiger partial charge in [0.1, 0.15) is 22.9 Å². The van der Waals surface area contributed by atoms with Crippen molar-refractivity contribution in [1.29, 1.82) is 0 Å². The molecule has 0 fully saturated rings. The second-order valence-corrected chi connectivity index (χ2v) is 5.67. The molecule has 0 atom stereocenters. The lowest BCUT2D eigenvalue weighted by Crippen LogP contribution is -2.27. The van der Waals surface area contributed by atoms with E-state index in [1.54, 1.807) is 19.2 Å². The summed E-state index contributed by atoms with van der Waals surface area (Å²) in [4.78, 5) is 33.3. The number of aromatic nitrogens is 2. The van der Waals surface area contributed by atoms with Crippen molar-refractivity contribution in [2.45, 2.75) is 6.92 Å². The number of nitrogens with one attached hydrogen (secondary N) is 1. The number of benzene rings is 1. The number of halogens is 1. The van der Waals surface area contributed by atoms with E-state index in [1.807, 2.05) is 0 Å². The molecule has 5 nitrogen and oxygen atoms in total. The van der Waals surface area contributed by atoms with Crippen molar-refractivity contribution in [2.75, 3.05) is 11.6 Å². The van der Waals surface area contributed by atoms with Crippen LogP contribution in [0, 0.1) is 12.7 Å². The van der Waals surface area contributed by atoms with Crippen LogP contribution < -0.4 is 5.32 Å². The quantitative estimate of drug-likeness (QED) is 0.933. The van der Waals surface area contributed by atoms with Crippen molar-refractivity contribution < 1.29 is 14.0 Å². The molecule has 1 aliphatic carbocycles. The number of hydrogen-bond acceptors (Lipinski definition) is 6. The summed E-state index contributed by atoms with van der Waals surface area (Å²) in [5, 5.41) is 2.89. The Labute approximate surface area is 136 Å². The van der Waals surface area contributed by atoms with E-state index in [4.69, 9.17) is 0 Å². The van der Waals surface area contributed by atoms with Crippen molar-refractivity contribution in [3.05, 3.63) is 64.0 Å². The van der Waals surface area contributed by atoms with Crippen LogP contribution in [-0.4, -0.2) is 27.8 Å². The highest BCUT2D eigenvalue weighted by Crippen LogP contribution is 2.31. The number of Topliss-reactive ketones (excluding diaryl/α,β-unsaturated/α-hetero) is 2. The van der Waals surface area contributed by atoms with E-state index in [9.17, 15) is 14.0 Å². The molecule has 0 amide bonds. The van der Waals surface area contributed by atoms with Gasteiger partial charge in [0.15, 0.2) is 0 Å². The fourth-order valence-electron chi connectivity index (χ4n) is 2.30.